The van der Waals surface area contributed by atoms with Crippen LogP contribution in [-0.4, -0.2) is 49.0 Å². The van der Waals surface area contributed by atoms with Crippen LogP contribution >= 0.6 is 0 Å². The smallest absolute Gasteiger partial charge is 0.315 e. The lowest BCUT2D eigenvalue weighted by atomic mass is 10.1. The third kappa shape index (κ3) is 3.62. The van der Waals surface area contributed by atoms with E-state index >= 15 is 0 Å². The number of hydrogen-bond acceptors (Lipinski definition) is 5. The Labute approximate surface area is 176 Å². The lowest BCUT2D eigenvalue weighted by Gasteiger charge is -2.41. The van der Waals surface area contributed by atoms with Crippen LogP contribution in [0.5, 0.6) is 5.75 Å². The number of amides is 1. The summed E-state index contributed by atoms with van der Waals surface area (Å²) >= 11 is 0. The molecule has 156 valence electrons. The van der Waals surface area contributed by atoms with E-state index in [0.717, 1.165) is 30.9 Å². The summed E-state index contributed by atoms with van der Waals surface area (Å²) < 4.78 is 5.19. The minimum atomic E-state index is -0.228. The quantitative estimate of drug-likeness (QED) is 0.626. The normalized spacial score (nSPS) is 20.0. The number of carbonyl (C=O) groups is 2. The van der Waals surface area contributed by atoms with Gasteiger partial charge < -0.3 is 19.9 Å². The van der Waals surface area contributed by atoms with Gasteiger partial charge in [0.2, 0.25) is 5.91 Å². The van der Waals surface area contributed by atoms with Crippen molar-refractivity contribution in [3.05, 3.63) is 53.1 Å². The highest BCUT2D eigenvalue weighted by atomic mass is 16.5. The molecule has 2 aliphatic heterocycles. The Morgan fingerprint density at radius 3 is 2.80 bits per heavy atom. The van der Waals surface area contributed by atoms with Gasteiger partial charge in [-0.1, -0.05) is 12.1 Å². The molecule has 0 aromatic heterocycles. The highest BCUT2D eigenvalue weighted by Gasteiger charge is 2.28. The Hall–Kier alpha value is -3.02. The average Bonchev–Trinajstić information content (AvgIpc) is 3.36. The van der Waals surface area contributed by atoms with Gasteiger partial charge >= 0.3 is 5.97 Å². The molecule has 0 radical (unpaired) electrons. The van der Waals surface area contributed by atoms with Crippen molar-refractivity contribution < 1.29 is 14.3 Å². The van der Waals surface area contributed by atoms with Crippen molar-refractivity contribution >= 4 is 23.3 Å². The summed E-state index contributed by atoms with van der Waals surface area (Å²) in [5.74, 6) is 0.454. The van der Waals surface area contributed by atoms with Crippen molar-refractivity contribution in [3.8, 4) is 5.75 Å². The third-order valence-electron chi connectivity index (χ3n) is 6.46. The predicted molar refractivity (Wildman–Crippen MR) is 116 cm³/mol. The molecule has 1 fully saturated rings. The second kappa shape index (κ2) is 7.67. The molecule has 6 nitrogen and oxygen atoms in total. The van der Waals surface area contributed by atoms with Crippen LogP contribution in [0.1, 0.15) is 30.0 Å². The number of fused-ring (bicyclic) bond motifs is 2. The summed E-state index contributed by atoms with van der Waals surface area (Å²) in [6.45, 7) is 4.77. The topological polar surface area (TPSA) is 61.9 Å². The minimum Gasteiger partial charge on any atom is -0.426 e. The van der Waals surface area contributed by atoms with E-state index in [1.807, 2.05) is 17.0 Å². The number of nitrogens with one attached hydrogen (secondary N) is 1. The Bertz CT molecular complexity index is 1000. The van der Waals surface area contributed by atoms with E-state index in [4.69, 9.17) is 4.74 Å². The second-order valence-electron chi connectivity index (χ2n) is 8.52. The van der Waals surface area contributed by atoms with Crippen LogP contribution in [0, 0.1) is 0 Å². The largest absolute Gasteiger partial charge is 0.426 e. The first kappa shape index (κ1) is 19.0. The second-order valence-corrected chi connectivity index (χ2v) is 8.52. The molecule has 2 heterocycles. The van der Waals surface area contributed by atoms with Crippen LogP contribution in [0.4, 0.5) is 11.4 Å². The maximum Gasteiger partial charge on any atom is 0.315 e. The molecule has 1 saturated heterocycles. The number of anilines is 2. The molecule has 0 bridgehead atoms. The number of ether oxygens (including phenoxy) is 1. The Kier molecular flexibility index (Phi) is 4.85. The Morgan fingerprint density at radius 2 is 1.93 bits per heavy atom. The molecule has 3 aliphatic rings. The fraction of sp³-hybridized carbons (Fsp3) is 0.417. The van der Waals surface area contributed by atoms with Crippen LogP contribution in [0.2, 0.25) is 0 Å². The van der Waals surface area contributed by atoms with Gasteiger partial charge in [-0.15, -0.1) is 0 Å². The van der Waals surface area contributed by atoms with Crippen LogP contribution < -0.4 is 15.0 Å². The van der Waals surface area contributed by atoms with E-state index in [0.29, 0.717) is 12.2 Å². The molecule has 2 aromatic rings. The van der Waals surface area contributed by atoms with Crippen molar-refractivity contribution in [1.82, 2.24) is 4.90 Å². The van der Waals surface area contributed by atoms with Gasteiger partial charge in [0.1, 0.15) is 5.75 Å². The van der Waals surface area contributed by atoms with Gasteiger partial charge in [0.15, 0.2) is 0 Å². The highest BCUT2D eigenvalue weighted by molar-refractivity contribution is 5.83. The molecule has 6 heteroatoms. The van der Waals surface area contributed by atoms with Crippen molar-refractivity contribution in [2.45, 2.75) is 38.6 Å². The van der Waals surface area contributed by atoms with Crippen molar-refractivity contribution in [2.24, 2.45) is 0 Å². The zero-order valence-electron chi connectivity index (χ0n) is 17.3. The van der Waals surface area contributed by atoms with E-state index in [1.54, 1.807) is 6.07 Å². The van der Waals surface area contributed by atoms with Gasteiger partial charge in [-0.25, -0.2) is 0 Å². The first-order valence-corrected chi connectivity index (χ1v) is 10.8. The zero-order chi connectivity index (χ0) is 20.7. The van der Waals surface area contributed by atoms with Crippen LogP contribution in [0.25, 0.3) is 0 Å². The number of hydrogen-bond donors (Lipinski definition) is 1. The summed E-state index contributed by atoms with van der Waals surface area (Å²) in [7, 11) is 0. The predicted octanol–water partition coefficient (Wildman–Crippen LogP) is 2.79. The molecule has 1 N–H and O–H groups in total. The summed E-state index contributed by atoms with van der Waals surface area (Å²) in [5.41, 5.74) is 5.95. The Morgan fingerprint density at radius 1 is 1.10 bits per heavy atom. The maximum atomic E-state index is 12.8. The van der Waals surface area contributed by atoms with Gasteiger partial charge in [0.25, 0.3) is 0 Å². The number of rotatable bonds is 4. The zero-order valence-corrected chi connectivity index (χ0v) is 17.3. The lowest BCUT2D eigenvalue weighted by Crippen LogP contribution is -2.55. The molecule has 1 amide bonds. The number of benzene rings is 2. The highest BCUT2D eigenvalue weighted by Crippen LogP contribution is 2.30. The van der Waals surface area contributed by atoms with Crippen LogP contribution in [0.15, 0.2) is 36.4 Å². The summed E-state index contributed by atoms with van der Waals surface area (Å²) in [6.07, 6.45) is 3.97. The van der Waals surface area contributed by atoms with E-state index in [2.05, 4.69) is 35.3 Å². The summed E-state index contributed by atoms with van der Waals surface area (Å²) in [6, 6.07) is 12.6. The molecule has 5 rings (SSSR count). The van der Waals surface area contributed by atoms with Gasteiger partial charge in [0, 0.05) is 48.7 Å². The van der Waals surface area contributed by atoms with Gasteiger partial charge in [-0.3, -0.25) is 9.59 Å². The SMILES string of the molecule is C[C@@H]1CN(c2ccc3c(c2)CCC3)CCN1C(=O)CNc1ccc2c(c1)OC(=O)C2. The molecule has 0 saturated carbocycles. The van der Waals surface area contributed by atoms with E-state index in [9.17, 15) is 9.59 Å². The standard InChI is InChI=1S/C24H27N3O3/c1-16-15-26(21-8-6-17-3-2-4-18(17)11-21)9-10-27(16)23(28)14-25-20-7-5-19-12-24(29)30-22(19)13-20/h5-8,11,13,16,25H,2-4,9-10,12,14-15H2,1H3/t16-/m1/s1. The first-order valence-electron chi connectivity index (χ1n) is 10.8. The minimum absolute atomic E-state index is 0.0913. The monoisotopic (exact) mass is 405 g/mol. The molecule has 0 unspecified atom stereocenters. The van der Waals surface area contributed by atoms with E-state index < -0.39 is 0 Å². The van der Waals surface area contributed by atoms with Crippen molar-refractivity contribution in [2.75, 3.05) is 36.4 Å². The van der Waals surface area contributed by atoms with Gasteiger partial charge in [-0.05, 0) is 55.5 Å². The molecule has 1 atom stereocenters. The number of aryl methyl sites for hydroxylation is 2. The maximum absolute atomic E-state index is 12.8. The van der Waals surface area contributed by atoms with Gasteiger partial charge in [-0.2, -0.15) is 0 Å². The Balaban J connectivity index is 1.18. The van der Waals surface area contributed by atoms with Crippen molar-refractivity contribution in [3.63, 3.8) is 0 Å². The van der Waals surface area contributed by atoms with E-state index in [1.165, 1.54) is 36.1 Å². The van der Waals surface area contributed by atoms with Crippen molar-refractivity contribution in [1.29, 1.82) is 0 Å². The molecular weight excluding hydrogens is 378 g/mol. The molecule has 0 spiro atoms. The van der Waals surface area contributed by atoms with Crippen LogP contribution in [-0.2, 0) is 28.9 Å². The molecule has 2 aromatic carbocycles. The fourth-order valence-electron chi connectivity index (χ4n) is 4.82. The first-order chi connectivity index (χ1) is 14.6. The summed E-state index contributed by atoms with van der Waals surface area (Å²) in [5, 5.41) is 3.18. The number of nitrogens with zero attached hydrogens (tertiary/aromatic N) is 2. The third-order valence-corrected chi connectivity index (χ3v) is 6.46. The molecule has 1 aliphatic carbocycles. The van der Waals surface area contributed by atoms with Crippen LogP contribution in [0.3, 0.4) is 0 Å². The molecule has 30 heavy (non-hydrogen) atoms. The number of esters is 1. The fourth-order valence-corrected chi connectivity index (χ4v) is 4.82. The lowest BCUT2D eigenvalue weighted by molar-refractivity contribution is -0.132. The van der Waals surface area contributed by atoms with E-state index in [-0.39, 0.29) is 24.5 Å². The average molecular weight is 405 g/mol. The number of carbonyl (C=O) groups excluding carboxylic acids is 2. The number of piperazine rings is 1. The summed E-state index contributed by atoms with van der Waals surface area (Å²) in [4.78, 5) is 28.6. The molecular formula is C24H27N3O3. The van der Waals surface area contributed by atoms with Gasteiger partial charge in [0.05, 0.1) is 13.0 Å².